The number of nitrogens with two attached hydrogens (primary N) is 1. The molecule has 0 bridgehead atoms. The lowest BCUT2D eigenvalue weighted by Crippen LogP contribution is -2.27. The molecular weight excluding hydrogens is 266 g/mol. The van der Waals surface area contributed by atoms with Crippen molar-refractivity contribution in [1.29, 1.82) is 0 Å². The molecule has 0 saturated carbocycles. The number of hydrogen-bond acceptors (Lipinski definition) is 6. The van der Waals surface area contributed by atoms with E-state index in [1.807, 2.05) is 0 Å². The van der Waals surface area contributed by atoms with Gasteiger partial charge in [0.05, 0.1) is 0 Å². The fourth-order valence-electron chi connectivity index (χ4n) is 2.78. The Hall–Kier alpha value is -2.18. The van der Waals surface area contributed by atoms with Crippen molar-refractivity contribution >= 4 is 11.9 Å². The summed E-state index contributed by atoms with van der Waals surface area (Å²) < 4.78 is 1.74. The molecule has 2 aromatic heterocycles. The van der Waals surface area contributed by atoms with Crippen molar-refractivity contribution in [2.24, 2.45) is 5.92 Å². The van der Waals surface area contributed by atoms with Crippen LogP contribution in [0.25, 0.3) is 5.95 Å². The molecule has 112 valence electrons. The fraction of sp³-hybridized carbons (Fsp3) is 0.571. The first-order chi connectivity index (χ1) is 10.3. The highest BCUT2D eigenvalue weighted by Crippen LogP contribution is 2.23. The van der Waals surface area contributed by atoms with Gasteiger partial charge in [0.25, 0.3) is 0 Å². The summed E-state index contributed by atoms with van der Waals surface area (Å²) in [6, 6.07) is 0. The number of anilines is 2. The zero-order valence-electron chi connectivity index (χ0n) is 12.3. The number of rotatable bonds is 3. The van der Waals surface area contributed by atoms with Crippen LogP contribution in [-0.2, 0) is 0 Å². The lowest BCUT2D eigenvalue weighted by Gasteiger charge is -2.20. The highest BCUT2D eigenvalue weighted by molar-refractivity contribution is 5.38. The summed E-state index contributed by atoms with van der Waals surface area (Å²) in [5.41, 5.74) is 5.84. The highest BCUT2D eigenvalue weighted by atomic mass is 15.3. The smallest absolute Gasteiger partial charge is 0.241 e. The first-order valence-electron chi connectivity index (χ1n) is 7.51. The van der Waals surface area contributed by atoms with Crippen molar-refractivity contribution in [3.8, 4) is 5.95 Å². The fourth-order valence-corrected chi connectivity index (χ4v) is 2.78. The Labute approximate surface area is 124 Å². The van der Waals surface area contributed by atoms with E-state index in [0.717, 1.165) is 19.0 Å². The van der Waals surface area contributed by atoms with Crippen molar-refractivity contribution in [3.63, 3.8) is 0 Å². The summed E-state index contributed by atoms with van der Waals surface area (Å²) in [4.78, 5) is 19.3. The third kappa shape index (κ3) is 3.12. The number of hydrogen-bond donors (Lipinski definition) is 1. The van der Waals surface area contributed by atoms with Gasteiger partial charge in [-0.2, -0.15) is 15.0 Å². The van der Waals surface area contributed by atoms with Gasteiger partial charge in [-0.1, -0.05) is 13.3 Å². The van der Waals surface area contributed by atoms with E-state index in [9.17, 15) is 0 Å². The minimum Gasteiger partial charge on any atom is -0.368 e. The topological polar surface area (TPSA) is 85.8 Å². The number of nitrogens with zero attached hydrogens (tertiary/aromatic N) is 6. The Morgan fingerprint density at radius 2 is 2.05 bits per heavy atom. The molecule has 2 aromatic rings. The molecule has 1 fully saturated rings. The molecule has 0 aliphatic carbocycles. The van der Waals surface area contributed by atoms with Gasteiger partial charge in [0.1, 0.15) is 6.33 Å². The molecule has 3 rings (SSSR count). The quantitative estimate of drug-likeness (QED) is 0.924. The molecule has 3 heterocycles. The summed E-state index contributed by atoms with van der Waals surface area (Å²) in [7, 11) is 0. The molecule has 0 spiro atoms. The highest BCUT2D eigenvalue weighted by Gasteiger charge is 2.19. The standard InChI is InChI=1S/C14H21N7/c1-2-11-4-3-7-20(8-5-11)13-17-12(15)18-14(19-13)21-9-6-16-10-21/h6,9-11H,2-5,7-8H2,1H3,(H2,15,17,18,19). The number of nitrogen functional groups attached to an aromatic ring is 1. The molecule has 1 unspecified atom stereocenters. The van der Waals surface area contributed by atoms with Crippen LogP contribution < -0.4 is 10.6 Å². The van der Waals surface area contributed by atoms with Crippen LogP contribution in [0, 0.1) is 5.92 Å². The van der Waals surface area contributed by atoms with E-state index in [1.165, 1.54) is 25.7 Å². The zero-order chi connectivity index (χ0) is 14.7. The molecule has 0 radical (unpaired) electrons. The average Bonchev–Trinajstić information content (AvgIpc) is 2.91. The third-order valence-electron chi connectivity index (χ3n) is 4.07. The lowest BCUT2D eigenvalue weighted by atomic mass is 9.98. The molecular formula is C14H21N7. The molecule has 7 heteroatoms. The maximum atomic E-state index is 5.84. The molecule has 21 heavy (non-hydrogen) atoms. The van der Waals surface area contributed by atoms with Crippen molar-refractivity contribution in [3.05, 3.63) is 18.7 Å². The molecule has 0 aromatic carbocycles. The van der Waals surface area contributed by atoms with E-state index in [0.29, 0.717) is 11.9 Å². The largest absolute Gasteiger partial charge is 0.368 e. The molecule has 7 nitrogen and oxygen atoms in total. The van der Waals surface area contributed by atoms with Crippen molar-refractivity contribution < 1.29 is 0 Å². The summed E-state index contributed by atoms with van der Waals surface area (Å²) >= 11 is 0. The minimum atomic E-state index is 0.250. The van der Waals surface area contributed by atoms with Gasteiger partial charge in [-0.05, 0) is 25.2 Å². The second-order valence-corrected chi connectivity index (χ2v) is 5.46. The molecule has 0 amide bonds. The molecule has 1 atom stereocenters. The van der Waals surface area contributed by atoms with Crippen LogP contribution in [0.4, 0.5) is 11.9 Å². The summed E-state index contributed by atoms with van der Waals surface area (Å²) in [5.74, 6) is 2.25. The number of imidazole rings is 1. The molecule has 1 saturated heterocycles. The lowest BCUT2D eigenvalue weighted by molar-refractivity contribution is 0.459. The Balaban J connectivity index is 1.85. The van der Waals surface area contributed by atoms with Crippen LogP contribution in [0.5, 0.6) is 0 Å². The molecule has 1 aliphatic rings. The van der Waals surface area contributed by atoms with Crippen molar-refractivity contribution in [1.82, 2.24) is 24.5 Å². The van der Waals surface area contributed by atoms with Crippen molar-refractivity contribution in [2.45, 2.75) is 32.6 Å². The zero-order valence-corrected chi connectivity index (χ0v) is 12.3. The van der Waals surface area contributed by atoms with Gasteiger partial charge >= 0.3 is 0 Å². The third-order valence-corrected chi connectivity index (χ3v) is 4.07. The van der Waals surface area contributed by atoms with E-state index in [1.54, 1.807) is 23.3 Å². The SMILES string of the molecule is CCC1CCCN(c2nc(N)nc(-n3ccnc3)n2)CC1. The second kappa shape index (κ2) is 6.07. The van der Waals surface area contributed by atoms with Gasteiger partial charge < -0.3 is 10.6 Å². The van der Waals surface area contributed by atoms with Gasteiger partial charge in [-0.15, -0.1) is 0 Å². The van der Waals surface area contributed by atoms with Crippen LogP contribution in [0.2, 0.25) is 0 Å². The molecule has 1 aliphatic heterocycles. The summed E-state index contributed by atoms with van der Waals surface area (Å²) in [6.07, 6.45) is 10.0. The average molecular weight is 287 g/mol. The van der Waals surface area contributed by atoms with Crippen LogP contribution in [0.3, 0.4) is 0 Å². The Kier molecular flexibility index (Phi) is 3.98. The first-order valence-corrected chi connectivity index (χ1v) is 7.51. The van der Waals surface area contributed by atoms with Gasteiger partial charge in [-0.25, -0.2) is 4.98 Å². The monoisotopic (exact) mass is 287 g/mol. The van der Waals surface area contributed by atoms with Gasteiger partial charge in [0.15, 0.2) is 0 Å². The van der Waals surface area contributed by atoms with E-state index in [4.69, 9.17) is 5.73 Å². The van der Waals surface area contributed by atoms with E-state index < -0.39 is 0 Å². The molecule has 2 N–H and O–H groups in total. The predicted molar refractivity (Wildman–Crippen MR) is 81.2 cm³/mol. The maximum Gasteiger partial charge on any atom is 0.241 e. The van der Waals surface area contributed by atoms with E-state index >= 15 is 0 Å². The van der Waals surface area contributed by atoms with E-state index in [2.05, 4.69) is 31.8 Å². The van der Waals surface area contributed by atoms with Crippen LogP contribution in [0.1, 0.15) is 32.6 Å². The maximum absolute atomic E-state index is 5.84. The normalized spacial score (nSPS) is 19.5. The van der Waals surface area contributed by atoms with Crippen LogP contribution >= 0.6 is 0 Å². The Morgan fingerprint density at radius 1 is 1.19 bits per heavy atom. The van der Waals surface area contributed by atoms with Crippen LogP contribution in [-0.4, -0.2) is 37.6 Å². The second-order valence-electron chi connectivity index (χ2n) is 5.46. The van der Waals surface area contributed by atoms with Gasteiger partial charge in [0, 0.05) is 25.5 Å². The Morgan fingerprint density at radius 3 is 2.81 bits per heavy atom. The Bertz CT molecular complexity index is 581. The summed E-state index contributed by atoms with van der Waals surface area (Å²) in [6.45, 7) is 4.22. The van der Waals surface area contributed by atoms with Crippen LogP contribution in [0.15, 0.2) is 18.7 Å². The first kappa shape index (κ1) is 13.8. The van der Waals surface area contributed by atoms with Crippen molar-refractivity contribution in [2.75, 3.05) is 23.7 Å². The minimum absolute atomic E-state index is 0.250. The summed E-state index contributed by atoms with van der Waals surface area (Å²) in [5, 5.41) is 0. The number of aromatic nitrogens is 5. The van der Waals surface area contributed by atoms with Gasteiger partial charge in [-0.3, -0.25) is 4.57 Å². The predicted octanol–water partition coefficient (Wildman–Crippen LogP) is 1.66. The van der Waals surface area contributed by atoms with Gasteiger partial charge in [0.2, 0.25) is 17.8 Å². The van der Waals surface area contributed by atoms with E-state index in [-0.39, 0.29) is 5.95 Å².